The fourth-order valence-electron chi connectivity index (χ4n) is 3.42. The van der Waals surface area contributed by atoms with Gasteiger partial charge in [0.15, 0.2) is 0 Å². The van der Waals surface area contributed by atoms with E-state index in [4.69, 9.17) is 0 Å². The Morgan fingerprint density at radius 2 is 1.64 bits per heavy atom. The summed E-state index contributed by atoms with van der Waals surface area (Å²) in [6, 6.07) is 23.9. The maximum atomic E-state index is 13.3. The summed E-state index contributed by atoms with van der Waals surface area (Å²) in [5.74, 6) is -0.383. The molecule has 5 heteroatoms. The first-order valence-corrected chi connectivity index (χ1v) is 11.3. The number of amides is 1. The van der Waals surface area contributed by atoms with Crippen LogP contribution in [0.1, 0.15) is 32.6 Å². The van der Waals surface area contributed by atoms with Gasteiger partial charge in [0.1, 0.15) is 5.82 Å². The van der Waals surface area contributed by atoms with Crippen molar-refractivity contribution in [1.29, 1.82) is 0 Å². The lowest BCUT2D eigenvalue weighted by Gasteiger charge is -2.14. The van der Waals surface area contributed by atoms with Gasteiger partial charge in [-0.3, -0.25) is 9.78 Å². The van der Waals surface area contributed by atoms with E-state index in [-0.39, 0.29) is 11.7 Å². The van der Waals surface area contributed by atoms with E-state index in [1.165, 1.54) is 12.1 Å². The topological polar surface area (TPSA) is 42.0 Å². The van der Waals surface area contributed by atoms with Gasteiger partial charge in [0.25, 0.3) is 5.91 Å². The molecule has 1 aromatic heterocycles. The third-order valence-corrected chi connectivity index (χ3v) is 6.52. The predicted octanol–water partition coefficient (Wildman–Crippen LogP) is 6.67. The molecule has 0 unspecified atom stereocenters. The first-order valence-electron chi connectivity index (χ1n) is 10.5. The molecular weight excluding hydrogens is 431 g/mol. The lowest BCUT2D eigenvalue weighted by atomic mass is 10.00. The van der Waals surface area contributed by atoms with Crippen molar-refractivity contribution in [1.82, 2.24) is 10.3 Å². The van der Waals surface area contributed by atoms with Crippen LogP contribution in [0.15, 0.2) is 108 Å². The van der Waals surface area contributed by atoms with Crippen LogP contribution >= 0.6 is 11.8 Å². The van der Waals surface area contributed by atoms with Gasteiger partial charge in [-0.15, -0.1) is 0 Å². The molecule has 0 saturated heterocycles. The third kappa shape index (κ3) is 5.57. The molecular formula is C28H23FN2OS. The summed E-state index contributed by atoms with van der Waals surface area (Å²) in [6.07, 6.45) is 3.42. The summed E-state index contributed by atoms with van der Waals surface area (Å²) in [4.78, 5) is 18.7. The molecule has 0 bridgehead atoms. The van der Waals surface area contributed by atoms with Gasteiger partial charge in [0.2, 0.25) is 0 Å². The number of rotatable bonds is 7. The number of nitrogens with one attached hydrogen (secondary N) is 1. The first kappa shape index (κ1) is 22.5. The number of carbonyl (C=O) groups excluding carboxylic acids is 1. The van der Waals surface area contributed by atoms with Gasteiger partial charge in [0, 0.05) is 34.3 Å². The number of aromatic nitrogens is 1. The molecule has 0 aliphatic rings. The molecule has 0 radical (unpaired) electrons. The molecule has 3 nitrogen and oxygen atoms in total. The molecule has 0 aliphatic heterocycles. The normalized spacial score (nSPS) is 10.6. The zero-order valence-electron chi connectivity index (χ0n) is 18.2. The summed E-state index contributed by atoms with van der Waals surface area (Å²) >= 11 is 1.62. The van der Waals surface area contributed by atoms with Crippen molar-refractivity contribution < 1.29 is 9.18 Å². The summed E-state index contributed by atoms with van der Waals surface area (Å²) in [7, 11) is 0. The molecule has 3 aromatic carbocycles. The number of nitrogens with zero attached hydrogens (tertiary/aromatic N) is 1. The van der Waals surface area contributed by atoms with Crippen molar-refractivity contribution >= 4 is 23.2 Å². The van der Waals surface area contributed by atoms with Crippen LogP contribution in [-0.4, -0.2) is 10.9 Å². The smallest absolute Gasteiger partial charge is 0.251 e. The third-order valence-electron chi connectivity index (χ3n) is 5.26. The van der Waals surface area contributed by atoms with E-state index in [1.54, 1.807) is 36.3 Å². The Labute approximate surface area is 197 Å². The van der Waals surface area contributed by atoms with E-state index in [0.717, 1.165) is 37.6 Å². The Morgan fingerprint density at radius 1 is 0.939 bits per heavy atom. The van der Waals surface area contributed by atoms with Gasteiger partial charge >= 0.3 is 0 Å². The molecule has 0 saturated carbocycles. The highest BCUT2D eigenvalue weighted by Crippen LogP contribution is 2.37. The number of benzene rings is 3. The minimum absolute atomic E-state index is 0.114. The van der Waals surface area contributed by atoms with Crippen molar-refractivity contribution in [3.63, 3.8) is 0 Å². The van der Waals surface area contributed by atoms with Crippen molar-refractivity contribution in [2.45, 2.75) is 23.3 Å². The number of halogens is 1. The summed E-state index contributed by atoms with van der Waals surface area (Å²) in [6.45, 7) is 6.69. The lowest BCUT2D eigenvalue weighted by molar-refractivity contribution is 0.0950. The summed E-state index contributed by atoms with van der Waals surface area (Å²) in [5.41, 5.74) is 5.34. The molecule has 0 atom stereocenters. The van der Waals surface area contributed by atoms with Crippen LogP contribution in [0.2, 0.25) is 0 Å². The number of hydrogen-bond donors (Lipinski definition) is 1. The Balaban J connectivity index is 1.50. The monoisotopic (exact) mass is 454 g/mol. The van der Waals surface area contributed by atoms with Crippen LogP contribution in [0.25, 0.3) is 5.57 Å². The summed E-state index contributed by atoms with van der Waals surface area (Å²) in [5, 5.41) is 2.95. The average molecular weight is 455 g/mol. The van der Waals surface area contributed by atoms with E-state index >= 15 is 0 Å². The summed E-state index contributed by atoms with van der Waals surface area (Å²) < 4.78 is 13.3. The quantitative estimate of drug-likeness (QED) is 0.339. The largest absolute Gasteiger partial charge is 0.348 e. The second kappa shape index (κ2) is 10.3. The second-order valence-electron chi connectivity index (χ2n) is 7.60. The standard InChI is InChI=1S/C28H23FN2OS/c1-19-17-23(28(32)31-18-21-13-15-30-16-14-21)9-12-26(19)33-27-6-4-3-5-25(27)20(2)22-7-10-24(29)11-8-22/h3-17H,2,18H2,1H3,(H,31,32). The Kier molecular flexibility index (Phi) is 7.01. The molecule has 4 aromatic rings. The second-order valence-corrected chi connectivity index (χ2v) is 8.69. The van der Waals surface area contributed by atoms with Crippen molar-refractivity contribution in [2.75, 3.05) is 0 Å². The van der Waals surface area contributed by atoms with Gasteiger partial charge < -0.3 is 5.32 Å². The highest BCUT2D eigenvalue weighted by Gasteiger charge is 2.12. The lowest BCUT2D eigenvalue weighted by Crippen LogP contribution is -2.22. The van der Waals surface area contributed by atoms with Crippen molar-refractivity contribution in [3.8, 4) is 0 Å². The molecule has 1 heterocycles. The number of aryl methyl sites for hydroxylation is 1. The molecule has 0 fully saturated rings. The Morgan fingerprint density at radius 3 is 2.36 bits per heavy atom. The van der Waals surface area contributed by atoms with E-state index in [9.17, 15) is 9.18 Å². The number of pyridine rings is 1. The van der Waals surface area contributed by atoms with Crippen LogP contribution in [0.5, 0.6) is 0 Å². The van der Waals surface area contributed by atoms with Gasteiger partial charge in [-0.2, -0.15) is 0 Å². The maximum Gasteiger partial charge on any atom is 0.251 e. The van der Waals surface area contributed by atoms with Crippen LogP contribution in [0.4, 0.5) is 4.39 Å². The van der Waals surface area contributed by atoms with Crippen LogP contribution in [-0.2, 0) is 6.54 Å². The molecule has 1 N–H and O–H groups in total. The average Bonchev–Trinajstić information content (AvgIpc) is 2.85. The van der Waals surface area contributed by atoms with Crippen molar-refractivity contribution in [2.24, 2.45) is 0 Å². The molecule has 0 aliphatic carbocycles. The zero-order valence-corrected chi connectivity index (χ0v) is 19.0. The van der Waals surface area contributed by atoms with Gasteiger partial charge in [-0.1, -0.05) is 48.7 Å². The fraction of sp³-hybridized carbons (Fsp3) is 0.0714. The maximum absolute atomic E-state index is 13.3. The van der Waals surface area contributed by atoms with Crippen LogP contribution in [0, 0.1) is 12.7 Å². The molecule has 0 spiro atoms. The van der Waals surface area contributed by atoms with Crippen LogP contribution in [0.3, 0.4) is 0 Å². The highest BCUT2D eigenvalue weighted by atomic mass is 32.2. The highest BCUT2D eigenvalue weighted by molar-refractivity contribution is 7.99. The SMILES string of the molecule is C=C(c1ccc(F)cc1)c1ccccc1Sc1ccc(C(=O)NCc2ccncc2)cc1C. The molecule has 33 heavy (non-hydrogen) atoms. The van der Waals surface area contributed by atoms with Crippen molar-refractivity contribution in [3.05, 3.63) is 131 Å². The van der Waals surface area contributed by atoms with Gasteiger partial charge in [-0.05, 0) is 83.3 Å². The van der Waals surface area contributed by atoms with E-state index in [0.29, 0.717) is 12.1 Å². The minimum Gasteiger partial charge on any atom is -0.348 e. The zero-order chi connectivity index (χ0) is 23.2. The molecule has 1 amide bonds. The van der Waals surface area contributed by atoms with E-state index < -0.39 is 0 Å². The van der Waals surface area contributed by atoms with E-state index in [2.05, 4.69) is 16.9 Å². The fourth-order valence-corrected chi connectivity index (χ4v) is 4.46. The molecule has 4 rings (SSSR count). The van der Waals surface area contributed by atoms with Gasteiger partial charge in [-0.25, -0.2) is 4.39 Å². The first-order chi connectivity index (χ1) is 16.0. The van der Waals surface area contributed by atoms with E-state index in [1.807, 2.05) is 61.5 Å². The van der Waals surface area contributed by atoms with Gasteiger partial charge in [0.05, 0.1) is 0 Å². The molecule has 164 valence electrons. The Hall–Kier alpha value is -3.70. The van der Waals surface area contributed by atoms with Crippen LogP contribution < -0.4 is 5.32 Å². The number of hydrogen-bond acceptors (Lipinski definition) is 3. The Bertz CT molecular complexity index is 1290. The predicted molar refractivity (Wildman–Crippen MR) is 132 cm³/mol. The minimum atomic E-state index is -0.269. The number of carbonyl (C=O) groups is 1.